The van der Waals surface area contributed by atoms with Gasteiger partial charge in [0.05, 0.1) is 4.90 Å². The first-order valence-corrected chi connectivity index (χ1v) is 7.32. The molecule has 0 aliphatic carbocycles. The van der Waals surface area contributed by atoms with E-state index in [1.165, 1.54) is 6.07 Å². The predicted molar refractivity (Wildman–Crippen MR) is 69.8 cm³/mol. The molecule has 0 aliphatic rings. The van der Waals surface area contributed by atoms with E-state index < -0.39 is 10.0 Å². The Kier molecular flexibility index (Phi) is 4.86. The van der Waals surface area contributed by atoms with Gasteiger partial charge in [0, 0.05) is 12.1 Å². The number of hydrogen-bond donors (Lipinski definition) is 2. The van der Waals surface area contributed by atoms with Gasteiger partial charge in [0.25, 0.3) is 5.91 Å². The second kappa shape index (κ2) is 5.97. The Morgan fingerprint density at radius 1 is 1.39 bits per heavy atom. The standard InChI is InChI=1S/C12H18N2O3S/c1-3-4-7-14-12(15)10-6-5-9(2)11(8-10)18(13,16)17/h5-6,8H,3-4,7H2,1-2H3,(H,14,15)(H2,13,16,17). The Bertz CT molecular complexity index is 538. The average Bonchev–Trinajstić information content (AvgIpc) is 2.28. The highest BCUT2D eigenvalue weighted by atomic mass is 32.2. The van der Waals surface area contributed by atoms with Gasteiger partial charge in [-0.25, -0.2) is 13.6 Å². The van der Waals surface area contributed by atoms with Crippen molar-refractivity contribution in [2.24, 2.45) is 5.14 Å². The molecule has 0 aromatic heterocycles. The first kappa shape index (κ1) is 14.7. The summed E-state index contributed by atoms with van der Waals surface area (Å²) in [4.78, 5) is 11.8. The molecule has 0 spiro atoms. The summed E-state index contributed by atoms with van der Waals surface area (Å²) in [5.74, 6) is -0.284. The molecule has 0 saturated heterocycles. The van der Waals surface area contributed by atoms with Crippen molar-refractivity contribution in [3.63, 3.8) is 0 Å². The van der Waals surface area contributed by atoms with Crippen molar-refractivity contribution in [1.29, 1.82) is 0 Å². The summed E-state index contributed by atoms with van der Waals surface area (Å²) >= 11 is 0. The average molecular weight is 270 g/mol. The van der Waals surface area contributed by atoms with Crippen LogP contribution in [0.2, 0.25) is 0 Å². The summed E-state index contributed by atoms with van der Waals surface area (Å²) in [6, 6.07) is 4.48. The lowest BCUT2D eigenvalue weighted by atomic mass is 10.1. The van der Waals surface area contributed by atoms with E-state index in [-0.39, 0.29) is 10.8 Å². The van der Waals surface area contributed by atoms with Gasteiger partial charge in [-0.2, -0.15) is 0 Å². The SMILES string of the molecule is CCCCNC(=O)c1ccc(C)c(S(N)(=O)=O)c1. The summed E-state index contributed by atoms with van der Waals surface area (Å²) in [7, 11) is -3.79. The number of primary sulfonamides is 1. The van der Waals surface area contributed by atoms with Gasteiger partial charge in [-0.05, 0) is 31.0 Å². The van der Waals surface area contributed by atoms with Crippen LogP contribution in [0.1, 0.15) is 35.7 Å². The predicted octanol–water partition coefficient (Wildman–Crippen LogP) is 1.17. The second-order valence-electron chi connectivity index (χ2n) is 4.13. The quantitative estimate of drug-likeness (QED) is 0.787. The van der Waals surface area contributed by atoms with E-state index in [1.54, 1.807) is 19.1 Å². The smallest absolute Gasteiger partial charge is 0.251 e. The first-order valence-electron chi connectivity index (χ1n) is 5.78. The number of rotatable bonds is 5. The Balaban J connectivity index is 2.95. The molecule has 0 bridgehead atoms. The largest absolute Gasteiger partial charge is 0.352 e. The molecule has 18 heavy (non-hydrogen) atoms. The van der Waals surface area contributed by atoms with Crippen LogP contribution in [0.15, 0.2) is 23.1 Å². The lowest BCUT2D eigenvalue weighted by molar-refractivity contribution is 0.0953. The van der Waals surface area contributed by atoms with Crippen molar-refractivity contribution in [3.8, 4) is 0 Å². The van der Waals surface area contributed by atoms with E-state index in [9.17, 15) is 13.2 Å². The van der Waals surface area contributed by atoms with Crippen molar-refractivity contribution in [1.82, 2.24) is 5.32 Å². The highest BCUT2D eigenvalue weighted by Gasteiger charge is 2.14. The molecule has 0 aliphatic heterocycles. The lowest BCUT2D eigenvalue weighted by Crippen LogP contribution is -2.25. The number of hydrogen-bond acceptors (Lipinski definition) is 3. The molecule has 0 saturated carbocycles. The lowest BCUT2D eigenvalue weighted by Gasteiger charge is -2.07. The zero-order chi connectivity index (χ0) is 13.8. The van der Waals surface area contributed by atoms with Gasteiger partial charge in [-0.15, -0.1) is 0 Å². The molecule has 0 atom stereocenters. The van der Waals surface area contributed by atoms with E-state index in [0.29, 0.717) is 17.7 Å². The minimum atomic E-state index is -3.79. The zero-order valence-corrected chi connectivity index (χ0v) is 11.4. The number of nitrogens with two attached hydrogens (primary N) is 1. The molecule has 1 amide bonds. The van der Waals surface area contributed by atoms with Gasteiger partial charge in [0.1, 0.15) is 0 Å². The molecule has 100 valence electrons. The van der Waals surface area contributed by atoms with Crippen LogP contribution >= 0.6 is 0 Å². The Morgan fingerprint density at radius 2 is 2.06 bits per heavy atom. The fourth-order valence-electron chi connectivity index (χ4n) is 1.53. The molecular weight excluding hydrogens is 252 g/mol. The molecule has 6 heteroatoms. The minimum absolute atomic E-state index is 0.00867. The molecule has 3 N–H and O–H groups in total. The number of carbonyl (C=O) groups is 1. The maximum Gasteiger partial charge on any atom is 0.251 e. The zero-order valence-electron chi connectivity index (χ0n) is 10.6. The van der Waals surface area contributed by atoms with Crippen LogP contribution in [-0.4, -0.2) is 20.9 Å². The maximum atomic E-state index is 11.8. The van der Waals surface area contributed by atoms with Crippen LogP contribution in [-0.2, 0) is 10.0 Å². The Labute approximate surface area is 107 Å². The van der Waals surface area contributed by atoms with E-state index in [2.05, 4.69) is 5.32 Å². The van der Waals surface area contributed by atoms with Crippen molar-refractivity contribution < 1.29 is 13.2 Å². The third-order valence-electron chi connectivity index (χ3n) is 2.57. The van der Waals surface area contributed by atoms with Gasteiger partial charge in [0.15, 0.2) is 0 Å². The molecule has 0 radical (unpaired) electrons. The van der Waals surface area contributed by atoms with Gasteiger partial charge in [0.2, 0.25) is 10.0 Å². The third-order valence-corrected chi connectivity index (χ3v) is 3.63. The minimum Gasteiger partial charge on any atom is -0.352 e. The molecule has 0 unspecified atom stereocenters. The van der Waals surface area contributed by atoms with E-state index in [1.807, 2.05) is 6.92 Å². The van der Waals surface area contributed by atoms with E-state index in [0.717, 1.165) is 12.8 Å². The van der Waals surface area contributed by atoms with Crippen molar-refractivity contribution in [2.45, 2.75) is 31.6 Å². The molecular formula is C12H18N2O3S. The highest BCUT2D eigenvalue weighted by molar-refractivity contribution is 7.89. The first-order chi connectivity index (χ1) is 8.36. The van der Waals surface area contributed by atoms with Crippen LogP contribution in [0.3, 0.4) is 0 Å². The summed E-state index contributed by atoms with van der Waals surface area (Å²) in [6.45, 7) is 4.24. The second-order valence-corrected chi connectivity index (χ2v) is 5.66. The maximum absolute atomic E-state index is 11.8. The van der Waals surface area contributed by atoms with Crippen molar-refractivity contribution in [3.05, 3.63) is 29.3 Å². The van der Waals surface area contributed by atoms with Crippen LogP contribution < -0.4 is 10.5 Å². The molecule has 1 rings (SSSR count). The molecule has 1 aromatic carbocycles. The fourth-order valence-corrected chi connectivity index (χ4v) is 2.34. The van der Waals surface area contributed by atoms with Gasteiger partial charge < -0.3 is 5.32 Å². The normalized spacial score (nSPS) is 11.3. The van der Waals surface area contributed by atoms with Crippen molar-refractivity contribution in [2.75, 3.05) is 6.54 Å². The molecule has 0 fully saturated rings. The van der Waals surface area contributed by atoms with Gasteiger partial charge in [-0.1, -0.05) is 19.4 Å². The van der Waals surface area contributed by atoms with Crippen LogP contribution in [0, 0.1) is 6.92 Å². The topological polar surface area (TPSA) is 89.3 Å². The monoisotopic (exact) mass is 270 g/mol. The fraction of sp³-hybridized carbons (Fsp3) is 0.417. The summed E-state index contributed by atoms with van der Waals surface area (Å²) in [5, 5.41) is 7.81. The molecule has 0 heterocycles. The number of amides is 1. The summed E-state index contributed by atoms with van der Waals surface area (Å²) in [6.07, 6.45) is 1.87. The molecule has 5 nitrogen and oxygen atoms in total. The number of aryl methyl sites for hydroxylation is 1. The van der Waals surface area contributed by atoms with Crippen LogP contribution in [0.5, 0.6) is 0 Å². The van der Waals surface area contributed by atoms with Gasteiger partial charge in [-0.3, -0.25) is 4.79 Å². The number of sulfonamides is 1. The Hall–Kier alpha value is -1.40. The van der Waals surface area contributed by atoms with E-state index in [4.69, 9.17) is 5.14 Å². The highest BCUT2D eigenvalue weighted by Crippen LogP contribution is 2.15. The van der Waals surface area contributed by atoms with Crippen LogP contribution in [0.4, 0.5) is 0 Å². The number of nitrogens with one attached hydrogen (secondary N) is 1. The molecule has 1 aromatic rings. The summed E-state index contributed by atoms with van der Waals surface area (Å²) in [5.41, 5.74) is 0.836. The number of unbranched alkanes of at least 4 members (excludes halogenated alkanes) is 1. The third kappa shape index (κ3) is 3.82. The van der Waals surface area contributed by atoms with Crippen molar-refractivity contribution >= 4 is 15.9 Å². The van der Waals surface area contributed by atoms with E-state index >= 15 is 0 Å². The summed E-state index contributed by atoms with van der Waals surface area (Å²) < 4.78 is 22.7. The number of benzene rings is 1. The van der Waals surface area contributed by atoms with Crippen LogP contribution in [0.25, 0.3) is 0 Å². The Morgan fingerprint density at radius 3 is 2.61 bits per heavy atom. The van der Waals surface area contributed by atoms with Gasteiger partial charge >= 0.3 is 0 Å². The number of carbonyl (C=O) groups excluding carboxylic acids is 1.